The zero-order valence-corrected chi connectivity index (χ0v) is 12.1. The highest BCUT2D eigenvalue weighted by molar-refractivity contribution is 5.61. The van der Waals surface area contributed by atoms with Crippen molar-refractivity contribution in [2.75, 3.05) is 29.9 Å². The van der Waals surface area contributed by atoms with Crippen LogP contribution in [-0.2, 0) is 13.0 Å². The van der Waals surface area contributed by atoms with Gasteiger partial charge in [-0.05, 0) is 42.2 Å². The van der Waals surface area contributed by atoms with E-state index in [1.165, 1.54) is 22.5 Å². The maximum Gasteiger partial charge on any atom is 0.142 e. The molecule has 2 aromatic carbocycles. The van der Waals surface area contributed by atoms with E-state index in [0.29, 0.717) is 0 Å². The number of nitrogens with zero attached hydrogens (tertiary/aromatic N) is 1. The molecule has 0 atom stereocenters. The molecule has 2 heterocycles. The van der Waals surface area contributed by atoms with Crippen LogP contribution in [-0.4, -0.2) is 19.7 Å². The van der Waals surface area contributed by atoms with E-state index < -0.39 is 0 Å². The van der Waals surface area contributed by atoms with Gasteiger partial charge in [-0.2, -0.15) is 0 Å². The molecule has 0 saturated heterocycles. The van der Waals surface area contributed by atoms with Crippen LogP contribution < -0.4 is 15.0 Å². The van der Waals surface area contributed by atoms with Crippen molar-refractivity contribution in [3.8, 4) is 5.75 Å². The largest absolute Gasteiger partial charge is 0.491 e. The fraction of sp³-hybridized carbons (Fsp3) is 0.333. The second-order valence-electron chi connectivity index (χ2n) is 5.76. The number of ether oxygens (including phenoxy) is 1. The summed E-state index contributed by atoms with van der Waals surface area (Å²) < 4.78 is 5.84. The van der Waals surface area contributed by atoms with E-state index in [-0.39, 0.29) is 0 Å². The lowest BCUT2D eigenvalue weighted by molar-refractivity contribution is 0.322. The lowest BCUT2D eigenvalue weighted by Gasteiger charge is -2.24. The standard InChI is InChI=1S/C18H20N2O/c1-2-5-18-17(4-1)20(10-3-11-21-18)13-14-6-7-15-8-9-19-16(15)12-14/h1-2,4-7,12,19H,3,8-11,13H2. The van der Waals surface area contributed by atoms with E-state index in [4.69, 9.17) is 4.74 Å². The van der Waals surface area contributed by atoms with E-state index in [1.807, 2.05) is 6.07 Å². The number of rotatable bonds is 2. The Hall–Kier alpha value is -2.16. The Kier molecular flexibility index (Phi) is 3.18. The number of benzene rings is 2. The minimum atomic E-state index is 0.805. The Labute approximate surface area is 125 Å². The monoisotopic (exact) mass is 280 g/mol. The van der Waals surface area contributed by atoms with Crippen LogP contribution in [0.2, 0.25) is 0 Å². The highest BCUT2D eigenvalue weighted by atomic mass is 16.5. The molecule has 0 spiro atoms. The second kappa shape index (κ2) is 5.32. The minimum Gasteiger partial charge on any atom is -0.491 e. The Bertz CT molecular complexity index is 653. The van der Waals surface area contributed by atoms with Crippen molar-refractivity contribution < 1.29 is 4.74 Å². The normalized spacial score (nSPS) is 16.5. The van der Waals surface area contributed by atoms with Gasteiger partial charge in [-0.3, -0.25) is 0 Å². The molecule has 3 heteroatoms. The number of nitrogens with one attached hydrogen (secondary N) is 1. The quantitative estimate of drug-likeness (QED) is 0.912. The molecule has 0 fully saturated rings. The third-order valence-electron chi connectivity index (χ3n) is 4.29. The molecule has 0 aromatic heterocycles. The van der Waals surface area contributed by atoms with Gasteiger partial charge in [-0.1, -0.05) is 24.3 Å². The van der Waals surface area contributed by atoms with E-state index >= 15 is 0 Å². The van der Waals surface area contributed by atoms with Gasteiger partial charge in [-0.25, -0.2) is 0 Å². The summed E-state index contributed by atoms with van der Waals surface area (Å²) >= 11 is 0. The molecule has 4 rings (SSSR count). The summed E-state index contributed by atoms with van der Waals surface area (Å²) in [6.45, 7) is 3.86. The lowest BCUT2D eigenvalue weighted by atomic mass is 10.1. The fourth-order valence-corrected chi connectivity index (χ4v) is 3.22. The SMILES string of the molecule is c1ccc2c(c1)OCCCN2Cc1ccc2c(c1)NCC2. The topological polar surface area (TPSA) is 24.5 Å². The van der Waals surface area contributed by atoms with Gasteiger partial charge in [0.15, 0.2) is 0 Å². The number of hydrogen-bond donors (Lipinski definition) is 1. The molecule has 0 amide bonds. The second-order valence-corrected chi connectivity index (χ2v) is 5.76. The summed E-state index contributed by atoms with van der Waals surface area (Å²) in [5.41, 5.74) is 5.33. The zero-order chi connectivity index (χ0) is 14.1. The summed E-state index contributed by atoms with van der Waals surface area (Å²) in [6.07, 6.45) is 2.22. The first-order valence-corrected chi connectivity index (χ1v) is 7.72. The van der Waals surface area contributed by atoms with Crippen LogP contribution in [0.25, 0.3) is 0 Å². The number of anilines is 2. The predicted octanol–water partition coefficient (Wildman–Crippen LogP) is 3.44. The molecule has 0 saturated carbocycles. The zero-order valence-electron chi connectivity index (χ0n) is 12.1. The van der Waals surface area contributed by atoms with Crippen molar-refractivity contribution in [2.45, 2.75) is 19.4 Å². The molecule has 0 bridgehead atoms. The van der Waals surface area contributed by atoms with Crippen LogP contribution in [0.15, 0.2) is 42.5 Å². The van der Waals surface area contributed by atoms with Gasteiger partial charge in [0, 0.05) is 25.3 Å². The lowest BCUT2D eigenvalue weighted by Crippen LogP contribution is -2.23. The third kappa shape index (κ3) is 2.44. The molecule has 1 N–H and O–H groups in total. The molecular formula is C18H20N2O. The first kappa shape index (κ1) is 12.6. The van der Waals surface area contributed by atoms with Crippen molar-refractivity contribution in [1.29, 1.82) is 0 Å². The molecule has 0 unspecified atom stereocenters. The van der Waals surface area contributed by atoms with Crippen LogP contribution in [0.1, 0.15) is 17.5 Å². The summed E-state index contributed by atoms with van der Waals surface area (Å²) in [6, 6.07) is 15.2. The smallest absolute Gasteiger partial charge is 0.142 e. The van der Waals surface area contributed by atoms with Gasteiger partial charge in [-0.15, -0.1) is 0 Å². The molecule has 0 aliphatic carbocycles. The molecule has 3 nitrogen and oxygen atoms in total. The first-order chi connectivity index (χ1) is 10.4. The van der Waals surface area contributed by atoms with Gasteiger partial charge in [0.1, 0.15) is 5.75 Å². The molecule has 21 heavy (non-hydrogen) atoms. The van der Waals surface area contributed by atoms with Gasteiger partial charge in [0.25, 0.3) is 0 Å². The molecule has 108 valence electrons. The van der Waals surface area contributed by atoms with Crippen molar-refractivity contribution in [3.05, 3.63) is 53.6 Å². The molecule has 2 aliphatic rings. The maximum atomic E-state index is 5.84. The molecule has 0 radical (unpaired) electrons. The van der Waals surface area contributed by atoms with Crippen molar-refractivity contribution >= 4 is 11.4 Å². The van der Waals surface area contributed by atoms with E-state index in [1.54, 1.807) is 0 Å². The number of fused-ring (bicyclic) bond motifs is 2. The van der Waals surface area contributed by atoms with Crippen LogP contribution >= 0.6 is 0 Å². The molecule has 2 aromatic rings. The molecule has 2 aliphatic heterocycles. The first-order valence-electron chi connectivity index (χ1n) is 7.72. The van der Waals surface area contributed by atoms with Crippen LogP contribution in [0, 0.1) is 0 Å². The predicted molar refractivity (Wildman–Crippen MR) is 86.2 cm³/mol. The minimum absolute atomic E-state index is 0.805. The highest BCUT2D eigenvalue weighted by Crippen LogP contribution is 2.32. The Morgan fingerprint density at radius 1 is 1.14 bits per heavy atom. The van der Waals surface area contributed by atoms with Gasteiger partial charge in [0.05, 0.1) is 12.3 Å². The van der Waals surface area contributed by atoms with Crippen LogP contribution in [0.4, 0.5) is 11.4 Å². The van der Waals surface area contributed by atoms with Crippen LogP contribution in [0.3, 0.4) is 0 Å². The molecular weight excluding hydrogens is 260 g/mol. The summed E-state index contributed by atoms with van der Waals surface area (Å²) in [7, 11) is 0. The average Bonchev–Trinajstić information content (AvgIpc) is 2.89. The average molecular weight is 280 g/mol. The Morgan fingerprint density at radius 2 is 2.10 bits per heavy atom. The van der Waals surface area contributed by atoms with Crippen molar-refractivity contribution in [2.24, 2.45) is 0 Å². The van der Waals surface area contributed by atoms with E-state index in [9.17, 15) is 0 Å². The van der Waals surface area contributed by atoms with E-state index in [2.05, 4.69) is 46.6 Å². The number of hydrogen-bond acceptors (Lipinski definition) is 3. The van der Waals surface area contributed by atoms with Gasteiger partial charge < -0.3 is 15.0 Å². The highest BCUT2D eigenvalue weighted by Gasteiger charge is 2.17. The Balaban J connectivity index is 1.62. The third-order valence-corrected chi connectivity index (χ3v) is 4.29. The van der Waals surface area contributed by atoms with Crippen molar-refractivity contribution in [1.82, 2.24) is 0 Å². The maximum absolute atomic E-state index is 5.84. The van der Waals surface area contributed by atoms with Crippen molar-refractivity contribution in [3.63, 3.8) is 0 Å². The summed E-state index contributed by atoms with van der Waals surface area (Å²) in [4.78, 5) is 2.43. The fourth-order valence-electron chi connectivity index (χ4n) is 3.22. The number of para-hydroxylation sites is 2. The van der Waals surface area contributed by atoms with Gasteiger partial charge in [0.2, 0.25) is 0 Å². The summed E-state index contributed by atoms with van der Waals surface area (Å²) in [5.74, 6) is 1.01. The van der Waals surface area contributed by atoms with Gasteiger partial charge >= 0.3 is 0 Å². The summed E-state index contributed by atoms with van der Waals surface area (Å²) in [5, 5.41) is 3.47. The van der Waals surface area contributed by atoms with E-state index in [0.717, 1.165) is 44.8 Å². The Morgan fingerprint density at radius 3 is 3.10 bits per heavy atom. The van der Waals surface area contributed by atoms with Crippen LogP contribution in [0.5, 0.6) is 5.75 Å².